The summed E-state index contributed by atoms with van der Waals surface area (Å²) in [5.41, 5.74) is 2.25. The molecule has 1 aromatic carbocycles. The quantitative estimate of drug-likeness (QED) is 0.557. The van der Waals surface area contributed by atoms with Crippen LogP contribution in [0.1, 0.15) is 30.9 Å². The van der Waals surface area contributed by atoms with Gasteiger partial charge in [0.25, 0.3) is 0 Å². The van der Waals surface area contributed by atoms with E-state index in [4.69, 9.17) is 24.2 Å². The van der Waals surface area contributed by atoms with Crippen molar-refractivity contribution >= 4 is 39.3 Å². The lowest BCUT2D eigenvalue weighted by atomic mass is 9.97. The Morgan fingerprint density at radius 1 is 1.25 bits per heavy atom. The largest absolute Gasteiger partial charge is 0.466 e. The molecule has 9 heteroatoms. The average molecular weight is 455 g/mol. The highest BCUT2D eigenvalue weighted by atomic mass is 32.1. The van der Waals surface area contributed by atoms with Crippen molar-refractivity contribution in [2.45, 2.75) is 33.2 Å². The normalized spacial score (nSPS) is 15.9. The highest BCUT2D eigenvalue weighted by Gasteiger charge is 2.28. The molecule has 0 unspecified atom stereocenters. The maximum absolute atomic E-state index is 12.1. The van der Waals surface area contributed by atoms with E-state index in [1.807, 2.05) is 25.1 Å². The Kier molecular flexibility index (Phi) is 5.73. The first-order chi connectivity index (χ1) is 15.6. The number of nitrogens with one attached hydrogen (secondary N) is 1. The number of nitrogens with zero attached hydrogens (tertiary/aromatic N) is 3. The molecule has 1 N–H and O–H groups in total. The molecule has 4 heterocycles. The molecule has 3 aromatic rings. The van der Waals surface area contributed by atoms with Crippen LogP contribution >= 0.6 is 11.3 Å². The molecule has 32 heavy (non-hydrogen) atoms. The monoisotopic (exact) mass is 454 g/mol. The van der Waals surface area contributed by atoms with Crippen LogP contribution in [0.5, 0.6) is 11.5 Å². The third-order valence-electron chi connectivity index (χ3n) is 5.90. The molecule has 0 atom stereocenters. The minimum atomic E-state index is -0.0940. The number of piperidine rings is 1. The van der Waals surface area contributed by atoms with Crippen LogP contribution < -0.4 is 19.7 Å². The van der Waals surface area contributed by atoms with Crippen LogP contribution in [-0.2, 0) is 16.1 Å². The van der Waals surface area contributed by atoms with Crippen LogP contribution in [0.25, 0.3) is 10.2 Å². The molecule has 1 saturated heterocycles. The first-order valence-corrected chi connectivity index (χ1v) is 11.8. The number of fused-ring (bicyclic) bond motifs is 2. The molecule has 0 saturated carbocycles. The smallest absolute Gasteiger partial charge is 0.309 e. The molecule has 2 aliphatic heterocycles. The highest BCUT2D eigenvalue weighted by Crippen LogP contribution is 2.35. The van der Waals surface area contributed by atoms with Crippen LogP contribution in [0.15, 0.2) is 23.6 Å². The molecule has 5 rings (SSSR count). The van der Waals surface area contributed by atoms with Gasteiger partial charge in [0.15, 0.2) is 11.5 Å². The van der Waals surface area contributed by atoms with Gasteiger partial charge >= 0.3 is 5.97 Å². The van der Waals surface area contributed by atoms with Crippen LogP contribution in [-0.4, -0.2) is 42.4 Å². The zero-order chi connectivity index (χ0) is 22.1. The predicted molar refractivity (Wildman–Crippen MR) is 124 cm³/mol. The van der Waals surface area contributed by atoms with Gasteiger partial charge in [-0.1, -0.05) is 6.07 Å². The Balaban J connectivity index is 1.35. The molecule has 0 amide bonds. The molecule has 0 bridgehead atoms. The molecule has 0 radical (unpaired) electrons. The van der Waals surface area contributed by atoms with Crippen molar-refractivity contribution in [1.29, 1.82) is 0 Å². The summed E-state index contributed by atoms with van der Waals surface area (Å²) in [4.78, 5) is 24.9. The van der Waals surface area contributed by atoms with E-state index in [2.05, 4.69) is 22.5 Å². The predicted octanol–water partition coefficient (Wildman–Crippen LogP) is 4.12. The Hall–Kier alpha value is -3.07. The van der Waals surface area contributed by atoms with Crippen LogP contribution in [0.3, 0.4) is 0 Å². The van der Waals surface area contributed by atoms with Crippen molar-refractivity contribution in [3.05, 3.63) is 34.7 Å². The number of hydrogen-bond donors (Lipinski definition) is 1. The van der Waals surface area contributed by atoms with E-state index in [0.29, 0.717) is 19.1 Å². The molecular weight excluding hydrogens is 428 g/mol. The maximum atomic E-state index is 12.1. The van der Waals surface area contributed by atoms with Gasteiger partial charge in [0.05, 0.1) is 17.9 Å². The van der Waals surface area contributed by atoms with Crippen molar-refractivity contribution in [1.82, 2.24) is 9.97 Å². The molecule has 8 nitrogen and oxygen atoms in total. The van der Waals surface area contributed by atoms with Crippen LogP contribution in [0, 0.1) is 12.8 Å². The minimum absolute atomic E-state index is 0.0393. The summed E-state index contributed by atoms with van der Waals surface area (Å²) in [6, 6.07) is 5.96. The Morgan fingerprint density at radius 3 is 2.88 bits per heavy atom. The van der Waals surface area contributed by atoms with Gasteiger partial charge in [-0.05, 0) is 55.3 Å². The third kappa shape index (κ3) is 4.04. The average Bonchev–Trinajstić information content (AvgIpc) is 3.44. The molecule has 1 fully saturated rings. The van der Waals surface area contributed by atoms with Crippen molar-refractivity contribution in [2.75, 3.05) is 36.7 Å². The second-order valence-electron chi connectivity index (χ2n) is 8.03. The van der Waals surface area contributed by atoms with Gasteiger partial charge < -0.3 is 24.4 Å². The summed E-state index contributed by atoms with van der Waals surface area (Å²) >= 11 is 1.63. The summed E-state index contributed by atoms with van der Waals surface area (Å²) in [5, 5.41) is 6.67. The lowest BCUT2D eigenvalue weighted by Crippen LogP contribution is -2.38. The number of hydrogen-bond acceptors (Lipinski definition) is 9. The van der Waals surface area contributed by atoms with E-state index in [0.717, 1.165) is 64.6 Å². The van der Waals surface area contributed by atoms with Gasteiger partial charge in [-0.15, -0.1) is 11.3 Å². The summed E-state index contributed by atoms with van der Waals surface area (Å²) in [6.07, 6.45) is 1.51. The fraction of sp³-hybridized carbons (Fsp3) is 0.435. The van der Waals surface area contributed by atoms with E-state index in [1.165, 1.54) is 0 Å². The number of aromatic nitrogens is 2. The number of esters is 1. The Labute approximate surface area is 190 Å². The SMILES string of the molecule is CCOC(=O)C1CCN(c2nc(NCc3ccc4c(c3)OCO4)c3c(C)csc3n2)CC1. The van der Waals surface area contributed by atoms with Crippen LogP contribution in [0.4, 0.5) is 11.8 Å². The van der Waals surface area contributed by atoms with Gasteiger partial charge in [-0.3, -0.25) is 4.79 Å². The summed E-state index contributed by atoms with van der Waals surface area (Å²) in [6.45, 7) is 6.71. The zero-order valence-electron chi connectivity index (χ0n) is 18.2. The number of rotatable bonds is 6. The molecule has 0 aliphatic carbocycles. The second-order valence-corrected chi connectivity index (χ2v) is 8.88. The van der Waals surface area contributed by atoms with E-state index in [-0.39, 0.29) is 18.7 Å². The summed E-state index contributed by atoms with van der Waals surface area (Å²) < 4.78 is 16.1. The lowest BCUT2D eigenvalue weighted by molar-refractivity contribution is -0.148. The van der Waals surface area contributed by atoms with Crippen molar-refractivity contribution in [3.8, 4) is 11.5 Å². The summed E-state index contributed by atoms with van der Waals surface area (Å²) in [7, 11) is 0. The zero-order valence-corrected chi connectivity index (χ0v) is 19.0. The standard InChI is InChI=1S/C23H26N4O4S/c1-3-29-22(28)16-6-8-27(9-7-16)23-25-20(19-14(2)12-32-21(19)26-23)24-11-15-4-5-17-18(10-15)31-13-30-17/h4-5,10,12,16H,3,6-9,11,13H2,1-2H3,(H,24,25,26). The molecule has 2 aliphatic rings. The number of ether oxygens (including phenoxy) is 3. The van der Waals surface area contributed by atoms with Crippen molar-refractivity contribution in [2.24, 2.45) is 5.92 Å². The molecule has 0 spiro atoms. The Bertz CT molecular complexity index is 1140. The highest BCUT2D eigenvalue weighted by molar-refractivity contribution is 7.17. The number of aryl methyl sites for hydroxylation is 1. The number of carbonyl (C=O) groups excluding carboxylic acids is 1. The number of carbonyl (C=O) groups is 1. The first kappa shape index (κ1) is 20.8. The maximum Gasteiger partial charge on any atom is 0.309 e. The van der Waals surface area contributed by atoms with Gasteiger partial charge in [0.2, 0.25) is 12.7 Å². The van der Waals surface area contributed by atoms with Crippen molar-refractivity contribution < 1.29 is 19.0 Å². The number of thiophene rings is 1. The topological polar surface area (TPSA) is 85.8 Å². The fourth-order valence-electron chi connectivity index (χ4n) is 4.15. The van der Waals surface area contributed by atoms with Gasteiger partial charge in [0, 0.05) is 19.6 Å². The van der Waals surface area contributed by atoms with Gasteiger partial charge in [-0.25, -0.2) is 4.98 Å². The van der Waals surface area contributed by atoms with Crippen LogP contribution in [0.2, 0.25) is 0 Å². The molecular formula is C23H26N4O4S. The number of benzene rings is 1. The summed E-state index contributed by atoms with van der Waals surface area (Å²) in [5.74, 6) is 2.95. The lowest BCUT2D eigenvalue weighted by Gasteiger charge is -2.31. The Morgan fingerprint density at radius 2 is 2.06 bits per heavy atom. The van der Waals surface area contributed by atoms with Gasteiger partial charge in [0.1, 0.15) is 10.6 Å². The van der Waals surface area contributed by atoms with E-state index in [9.17, 15) is 4.79 Å². The van der Waals surface area contributed by atoms with E-state index in [1.54, 1.807) is 11.3 Å². The van der Waals surface area contributed by atoms with Gasteiger partial charge in [-0.2, -0.15) is 4.98 Å². The minimum Gasteiger partial charge on any atom is -0.466 e. The fourth-order valence-corrected chi connectivity index (χ4v) is 5.07. The first-order valence-electron chi connectivity index (χ1n) is 10.9. The second kappa shape index (κ2) is 8.82. The van der Waals surface area contributed by atoms with Crippen molar-refractivity contribution in [3.63, 3.8) is 0 Å². The van der Waals surface area contributed by atoms with E-state index < -0.39 is 0 Å². The molecule has 168 valence electrons. The van der Waals surface area contributed by atoms with E-state index >= 15 is 0 Å². The third-order valence-corrected chi connectivity index (χ3v) is 6.89. The molecule has 2 aromatic heterocycles. The number of anilines is 2.